The van der Waals surface area contributed by atoms with Crippen LogP contribution in [0, 0.1) is 0 Å². The van der Waals surface area contributed by atoms with Gasteiger partial charge in [-0.15, -0.1) is 0 Å². The Morgan fingerprint density at radius 2 is 1.16 bits per heavy atom. The summed E-state index contributed by atoms with van der Waals surface area (Å²) in [5, 5.41) is 0. The van der Waals surface area contributed by atoms with E-state index in [1.807, 2.05) is 36.4 Å². The van der Waals surface area contributed by atoms with Gasteiger partial charge in [0.25, 0.3) is 8.05 Å². The number of benzene rings is 2. The van der Waals surface area contributed by atoms with Crippen molar-refractivity contribution in [3.05, 3.63) is 60.7 Å². The molecule has 0 heterocycles. The van der Waals surface area contributed by atoms with Gasteiger partial charge in [-0.05, 0) is 24.3 Å². The van der Waals surface area contributed by atoms with Crippen LogP contribution in [0.25, 0.3) is 0 Å². The fraction of sp³-hybridized carbons (Fsp3) is 0. The minimum Gasteiger partial charge on any atom is -1.00 e. The summed E-state index contributed by atoms with van der Waals surface area (Å²) in [6.45, 7) is 0. The van der Waals surface area contributed by atoms with Crippen molar-refractivity contribution in [1.29, 1.82) is 0 Å². The minimum atomic E-state index is -0.972. The van der Waals surface area contributed by atoms with E-state index < -0.39 is 7.32 Å². The first kappa shape index (κ1) is 18.1. The first-order valence-corrected chi connectivity index (χ1v) is 5.17. The van der Waals surface area contributed by atoms with Gasteiger partial charge in [-0.25, -0.2) is 0 Å². The van der Waals surface area contributed by atoms with Crippen LogP contribution in [0.2, 0.25) is 0 Å². The van der Waals surface area contributed by atoms with Gasteiger partial charge in [-0.1, -0.05) is 36.4 Å². The normalized spacial score (nSPS) is 8.63. The van der Waals surface area contributed by atoms with Gasteiger partial charge in [-0.3, -0.25) is 0 Å². The Morgan fingerprint density at radius 3 is 1.47 bits per heavy atom. The van der Waals surface area contributed by atoms with Crippen LogP contribution < -0.4 is 45.0 Å². The van der Waals surface area contributed by atoms with E-state index >= 15 is 0 Å². The van der Waals surface area contributed by atoms with Gasteiger partial charge < -0.3 is 21.5 Å². The fourth-order valence-electron chi connectivity index (χ4n) is 1.30. The summed E-state index contributed by atoms with van der Waals surface area (Å²) in [4.78, 5) is 0. The Labute approximate surface area is 138 Å². The molecule has 2 radical (unpaired) electrons. The number of para-hydroxylation sites is 2. The van der Waals surface area contributed by atoms with Gasteiger partial charge in [0.15, 0.2) is 0 Å². The average Bonchev–Trinajstić information content (AvgIpc) is 2.40. The standard InChI is InChI=1S/C12H10B2O3.H3N.Na.H/c13-17-14(15-11-7-3-1-4-8-11)16-12-9-5-2-6-10-12;;;/h1-10H;1H3;;/q;;+1;-1. The van der Waals surface area contributed by atoms with Crippen molar-refractivity contribution >= 4 is 15.4 Å². The van der Waals surface area contributed by atoms with Crippen molar-refractivity contribution in [2.24, 2.45) is 0 Å². The fourth-order valence-corrected chi connectivity index (χ4v) is 1.30. The zero-order chi connectivity index (χ0) is 11.9. The first-order valence-electron chi connectivity index (χ1n) is 5.17. The molecule has 0 atom stereocenters. The Hall–Kier alpha value is -0.910. The molecule has 2 rings (SSSR count). The van der Waals surface area contributed by atoms with Crippen molar-refractivity contribution in [2.75, 3.05) is 0 Å². The monoisotopic (exact) mass is 265 g/mol. The third kappa shape index (κ3) is 6.18. The smallest absolute Gasteiger partial charge is 1.00 e. The van der Waals surface area contributed by atoms with Crippen LogP contribution in [0.1, 0.15) is 1.43 Å². The summed E-state index contributed by atoms with van der Waals surface area (Å²) in [6.07, 6.45) is 0. The molecule has 4 nitrogen and oxygen atoms in total. The van der Waals surface area contributed by atoms with Gasteiger partial charge in [0.1, 0.15) is 11.5 Å². The van der Waals surface area contributed by atoms with Crippen LogP contribution in [0.4, 0.5) is 0 Å². The van der Waals surface area contributed by atoms with Gasteiger partial charge in [-0.2, -0.15) is 0 Å². The Kier molecular flexibility index (Phi) is 9.47. The molecule has 0 amide bonds. The van der Waals surface area contributed by atoms with Crippen molar-refractivity contribution in [2.45, 2.75) is 0 Å². The molecule has 0 aliphatic heterocycles. The first-order chi connectivity index (χ1) is 8.38. The van der Waals surface area contributed by atoms with Crippen molar-refractivity contribution in [3.63, 3.8) is 0 Å². The molecule has 0 aromatic heterocycles. The molecule has 2 aromatic rings. The maximum absolute atomic E-state index is 5.40. The maximum Gasteiger partial charge on any atom is 1.00 e. The summed E-state index contributed by atoms with van der Waals surface area (Å²) in [7, 11) is 4.15. The molecule has 7 heteroatoms. The van der Waals surface area contributed by atoms with E-state index in [1.165, 1.54) is 0 Å². The van der Waals surface area contributed by atoms with E-state index in [9.17, 15) is 0 Å². The number of hydrogen-bond acceptors (Lipinski definition) is 4. The Morgan fingerprint density at radius 1 is 0.789 bits per heavy atom. The second-order valence-electron chi connectivity index (χ2n) is 3.29. The van der Waals surface area contributed by atoms with E-state index in [1.54, 1.807) is 24.3 Å². The summed E-state index contributed by atoms with van der Waals surface area (Å²) >= 11 is 0. The number of hydrogen-bond donors (Lipinski definition) is 1. The minimum absolute atomic E-state index is 0. The molecule has 0 aliphatic carbocycles. The second kappa shape index (κ2) is 9.95. The zero-order valence-electron chi connectivity index (χ0n) is 11.9. The van der Waals surface area contributed by atoms with Gasteiger partial charge in [0.05, 0.1) is 0 Å². The Balaban J connectivity index is 0. The molecule has 0 aliphatic rings. The molecule has 0 saturated heterocycles. The molecule has 2 aromatic carbocycles. The van der Waals surface area contributed by atoms with Crippen LogP contribution in [0.15, 0.2) is 60.7 Å². The van der Waals surface area contributed by atoms with E-state index in [2.05, 4.69) is 4.57 Å². The summed E-state index contributed by atoms with van der Waals surface area (Å²) in [5.74, 6) is 1.25. The molecule has 0 unspecified atom stereocenters. The van der Waals surface area contributed by atoms with E-state index in [0.29, 0.717) is 11.5 Å². The quantitative estimate of drug-likeness (QED) is 0.741. The summed E-state index contributed by atoms with van der Waals surface area (Å²) < 4.78 is 15.4. The molecule has 19 heavy (non-hydrogen) atoms. The van der Waals surface area contributed by atoms with Gasteiger partial charge in [0.2, 0.25) is 0 Å². The topological polar surface area (TPSA) is 62.7 Å². The molecule has 3 N–H and O–H groups in total. The summed E-state index contributed by atoms with van der Waals surface area (Å²) in [5.41, 5.74) is 0. The predicted octanol–water partition coefficient (Wildman–Crippen LogP) is -0.492. The van der Waals surface area contributed by atoms with E-state index in [0.717, 1.165) is 0 Å². The molecule has 0 saturated carbocycles. The van der Waals surface area contributed by atoms with E-state index in [4.69, 9.17) is 17.4 Å². The average molecular weight is 265 g/mol. The summed E-state index contributed by atoms with van der Waals surface area (Å²) in [6, 6.07) is 18.4. The maximum atomic E-state index is 5.40. The second-order valence-corrected chi connectivity index (χ2v) is 3.29. The van der Waals surface area contributed by atoms with E-state index in [-0.39, 0.29) is 37.1 Å². The zero-order valence-corrected chi connectivity index (χ0v) is 12.9. The van der Waals surface area contributed by atoms with Crippen molar-refractivity contribution < 1.29 is 44.9 Å². The van der Waals surface area contributed by atoms with Crippen molar-refractivity contribution in [3.8, 4) is 11.5 Å². The van der Waals surface area contributed by atoms with Crippen molar-refractivity contribution in [1.82, 2.24) is 6.15 Å². The predicted molar refractivity (Wildman–Crippen MR) is 72.9 cm³/mol. The van der Waals surface area contributed by atoms with Crippen LogP contribution in [-0.2, 0) is 4.57 Å². The molecular weight excluding hydrogens is 251 g/mol. The third-order valence-electron chi connectivity index (χ3n) is 2.06. The molecule has 0 fully saturated rings. The van der Waals surface area contributed by atoms with Gasteiger partial charge >= 0.3 is 36.9 Å². The molecule has 0 bridgehead atoms. The van der Waals surface area contributed by atoms with Crippen LogP contribution in [0.5, 0.6) is 11.5 Å². The molecular formula is C12H14B2NNaO3. The molecule has 0 spiro atoms. The third-order valence-corrected chi connectivity index (χ3v) is 2.06. The van der Waals surface area contributed by atoms with Gasteiger partial charge in [0, 0.05) is 0 Å². The van der Waals surface area contributed by atoms with Crippen LogP contribution in [0.3, 0.4) is 0 Å². The Bertz CT molecular complexity index is 411. The largest absolute Gasteiger partial charge is 1.00 e. The molecule has 92 valence electrons. The SMILES string of the molecule is N.[B]OB(Oc1ccccc1)Oc1ccccc1.[H-].[Na+]. The van der Waals surface area contributed by atoms with Crippen LogP contribution >= 0.6 is 0 Å². The number of rotatable bonds is 5. The van der Waals surface area contributed by atoms with Crippen LogP contribution in [-0.4, -0.2) is 15.4 Å².